The molecule has 7 nitrogen and oxygen atoms in total. The van der Waals surface area contributed by atoms with Gasteiger partial charge in [0.15, 0.2) is 0 Å². The maximum atomic E-state index is 13.3. The highest BCUT2D eigenvalue weighted by Crippen LogP contribution is 2.30. The smallest absolute Gasteiger partial charge is 0.369 e. The average molecular weight is 506 g/mol. The zero-order valence-electron chi connectivity index (χ0n) is 20.4. The molecule has 0 aromatic heterocycles. The predicted octanol–water partition coefficient (Wildman–Crippen LogP) is 3.72. The first-order valence-electron chi connectivity index (χ1n) is 11.6. The van der Waals surface area contributed by atoms with E-state index < -0.39 is 48.0 Å². The fourth-order valence-electron chi connectivity index (χ4n) is 3.78. The second-order valence-electron chi connectivity index (χ2n) is 9.77. The Balaban J connectivity index is 1.81. The fraction of sp³-hybridized carbons (Fsp3) is 0.423. The van der Waals surface area contributed by atoms with Crippen LogP contribution in [-0.2, 0) is 32.1 Å². The molecule has 2 amide bonds. The molecular formula is C26H30F3N3O4. The molecule has 36 heavy (non-hydrogen) atoms. The van der Waals surface area contributed by atoms with Gasteiger partial charge in [0.1, 0.15) is 18.6 Å². The molecule has 10 heteroatoms. The van der Waals surface area contributed by atoms with Gasteiger partial charge in [-0.05, 0) is 57.2 Å². The average Bonchev–Trinajstić information content (AvgIpc) is 2.93. The Hall–Kier alpha value is -3.40. The van der Waals surface area contributed by atoms with Crippen molar-refractivity contribution in [2.45, 2.75) is 58.3 Å². The number of anilines is 1. The normalized spacial score (nSPS) is 17.1. The van der Waals surface area contributed by atoms with E-state index in [-0.39, 0.29) is 18.5 Å². The van der Waals surface area contributed by atoms with Gasteiger partial charge in [0, 0.05) is 5.69 Å². The van der Waals surface area contributed by atoms with E-state index in [2.05, 4.69) is 10.8 Å². The molecule has 2 aromatic carbocycles. The topological polar surface area (TPSA) is 87.7 Å². The molecule has 2 aromatic rings. The van der Waals surface area contributed by atoms with Crippen LogP contribution in [0.25, 0.3) is 0 Å². The maximum absolute atomic E-state index is 13.3. The minimum atomic E-state index is -4.62. The van der Waals surface area contributed by atoms with Crippen molar-refractivity contribution < 1.29 is 32.4 Å². The number of benzene rings is 2. The number of para-hydroxylation sites is 1. The number of carbonyl (C=O) groups excluding carboxylic acids is 3. The van der Waals surface area contributed by atoms with E-state index in [9.17, 15) is 27.6 Å². The number of nitrogens with one attached hydrogen (secondary N) is 2. The number of carbonyl (C=O) groups is 3. The molecule has 1 aliphatic rings. The highest BCUT2D eigenvalue weighted by molar-refractivity contribution is 6.01. The summed E-state index contributed by atoms with van der Waals surface area (Å²) >= 11 is 0. The van der Waals surface area contributed by atoms with E-state index in [4.69, 9.17) is 4.84 Å². The molecule has 0 saturated heterocycles. The number of rotatable bonds is 7. The molecule has 0 bridgehead atoms. The van der Waals surface area contributed by atoms with Crippen LogP contribution in [0.5, 0.6) is 0 Å². The van der Waals surface area contributed by atoms with Crippen molar-refractivity contribution in [2.75, 3.05) is 11.4 Å². The SMILES string of the molecule is CC(C)(C)C(=O)ON[C@H](Cc1ccccc1)C(=O)N[C@@H]1CCc2ccccc2N(CC(F)(F)F)C1=O. The van der Waals surface area contributed by atoms with Crippen molar-refractivity contribution in [1.82, 2.24) is 10.8 Å². The summed E-state index contributed by atoms with van der Waals surface area (Å²) in [6, 6.07) is 13.1. The van der Waals surface area contributed by atoms with Crippen molar-refractivity contribution in [1.29, 1.82) is 0 Å². The molecule has 3 rings (SSSR count). The number of halogens is 3. The van der Waals surface area contributed by atoms with Gasteiger partial charge >= 0.3 is 12.1 Å². The highest BCUT2D eigenvalue weighted by atomic mass is 19.4. The van der Waals surface area contributed by atoms with E-state index in [1.807, 2.05) is 6.07 Å². The van der Waals surface area contributed by atoms with Gasteiger partial charge in [0.05, 0.1) is 5.41 Å². The minimum absolute atomic E-state index is 0.121. The van der Waals surface area contributed by atoms with E-state index >= 15 is 0 Å². The molecule has 0 fully saturated rings. The Morgan fingerprint density at radius 2 is 1.69 bits per heavy atom. The molecule has 0 radical (unpaired) electrons. The lowest BCUT2D eigenvalue weighted by atomic mass is 9.98. The number of fused-ring (bicyclic) bond motifs is 1. The predicted molar refractivity (Wildman–Crippen MR) is 128 cm³/mol. The number of hydrogen-bond acceptors (Lipinski definition) is 5. The van der Waals surface area contributed by atoms with Crippen LogP contribution >= 0.6 is 0 Å². The lowest BCUT2D eigenvalue weighted by Gasteiger charge is -2.28. The van der Waals surface area contributed by atoms with E-state index in [0.717, 1.165) is 5.56 Å². The van der Waals surface area contributed by atoms with Gasteiger partial charge < -0.3 is 15.1 Å². The van der Waals surface area contributed by atoms with Crippen LogP contribution in [0.4, 0.5) is 18.9 Å². The maximum Gasteiger partial charge on any atom is 0.406 e. The lowest BCUT2D eigenvalue weighted by molar-refractivity contribution is -0.163. The molecule has 0 saturated carbocycles. The van der Waals surface area contributed by atoms with Crippen molar-refractivity contribution in [3.8, 4) is 0 Å². The van der Waals surface area contributed by atoms with Gasteiger partial charge in [-0.3, -0.25) is 9.59 Å². The second-order valence-corrected chi connectivity index (χ2v) is 9.77. The first-order valence-corrected chi connectivity index (χ1v) is 11.6. The first kappa shape index (κ1) is 27.2. The molecule has 1 heterocycles. The van der Waals surface area contributed by atoms with Gasteiger partial charge in [-0.15, -0.1) is 5.48 Å². The lowest BCUT2D eigenvalue weighted by Crippen LogP contribution is -2.55. The van der Waals surface area contributed by atoms with Crippen molar-refractivity contribution >= 4 is 23.5 Å². The largest absolute Gasteiger partial charge is 0.406 e. The van der Waals surface area contributed by atoms with Crippen LogP contribution in [-0.4, -0.2) is 42.6 Å². The molecule has 194 valence electrons. The molecule has 0 spiro atoms. The summed E-state index contributed by atoms with van der Waals surface area (Å²) in [6.07, 6.45) is -4.08. The van der Waals surface area contributed by atoms with Crippen LogP contribution in [0.15, 0.2) is 54.6 Å². The Bertz CT molecular complexity index is 1080. The quantitative estimate of drug-likeness (QED) is 0.560. The summed E-state index contributed by atoms with van der Waals surface area (Å²) in [5.74, 6) is -2.11. The molecular weight excluding hydrogens is 475 g/mol. The van der Waals surface area contributed by atoms with Crippen molar-refractivity contribution in [3.63, 3.8) is 0 Å². The molecule has 0 unspecified atom stereocenters. The zero-order valence-corrected chi connectivity index (χ0v) is 20.4. The van der Waals surface area contributed by atoms with Gasteiger partial charge in [-0.2, -0.15) is 13.2 Å². The van der Waals surface area contributed by atoms with E-state index in [0.29, 0.717) is 16.9 Å². The van der Waals surface area contributed by atoms with Crippen molar-refractivity contribution in [3.05, 3.63) is 65.7 Å². The number of aryl methyl sites for hydroxylation is 1. The van der Waals surface area contributed by atoms with Gasteiger partial charge in [-0.1, -0.05) is 48.5 Å². The molecule has 2 N–H and O–H groups in total. The molecule has 1 aliphatic heterocycles. The van der Waals surface area contributed by atoms with Crippen LogP contribution in [0.3, 0.4) is 0 Å². The summed E-state index contributed by atoms with van der Waals surface area (Å²) in [5.41, 5.74) is 3.19. The Morgan fingerprint density at radius 1 is 1.06 bits per heavy atom. The number of hydroxylamine groups is 1. The number of alkyl halides is 3. The summed E-state index contributed by atoms with van der Waals surface area (Å²) in [5, 5.41) is 2.59. The summed E-state index contributed by atoms with van der Waals surface area (Å²) in [4.78, 5) is 44.5. The third-order valence-electron chi connectivity index (χ3n) is 5.71. The van der Waals surface area contributed by atoms with Crippen LogP contribution in [0, 0.1) is 5.41 Å². The first-order chi connectivity index (χ1) is 16.8. The number of amides is 2. The summed E-state index contributed by atoms with van der Waals surface area (Å²) in [6.45, 7) is 3.49. The molecule has 2 atom stereocenters. The number of nitrogens with zero attached hydrogens (tertiary/aromatic N) is 1. The third kappa shape index (κ3) is 7.30. The van der Waals surface area contributed by atoms with Crippen molar-refractivity contribution in [2.24, 2.45) is 5.41 Å². The summed E-state index contributed by atoms with van der Waals surface area (Å²) < 4.78 is 40.0. The van der Waals surface area contributed by atoms with E-state index in [1.165, 1.54) is 6.07 Å². The fourth-order valence-corrected chi connectivity index (χ4v) is 3.78. The van der Waals surface area contributed by atoms with Gasteiger partial charge in [-0.25, -0.2) is 4.79 Å². The Morgan fingerprint density at radius 3 is 2.33 bits per heavy atom. The van der Waals surface area contributed by atoms with Gasteiger partial charge in [0.25, 0.3) is 0 Å². The summed E-state index contributed by atoms with van der Waals surface area (Å²) in [7, 11) is 0. The standard InChI is InChI=1S/C26H30F3N3O4/c1-25(2,3)24(35)36-31-20(15-17-9-5-4-6-10-17)22(33)30-19-14-13-18-11-7-8-12-21(18)32(23(19)34)16-26(27,28)29/h4-12,19-20,31H,13-16H2,1-3H3,(H,30,33)/t19-,20-/m1/s1. The van der Waals surface area contributed by atoms with Gasteiger partial charge in [0.2, 0.25) is 11.8 Å². The van der Waals surface area contributed by atoms with Crippen LogP contribution in [0.1, 0.15) is 38.3 Å². The second kappa shape index (κ2) is 11.1. The third-order valence-corrected chi connectivity index (χ3v) is 5.71. The highest BCUT2D eigenvalue weighted by Gasteiger charge is 2.39. The zero-order chi connectivity index (χ0) is 26.5. The Kier molecular flexibility index (Phi) is 8.39. The van der Waals surface area contributed by atoms with E-state index in [1.54, 1.807) is 63.2 Å². The monoisotopic (exact) mass is 505 g/mol. The number of hydrogen-bond donors (Lipinski definition) is 2. The minimum Gasteiger partial charge on any atom is -0.369 e. The van der Waals surface area contributed by atoms with Crippen LogP contribution in [0.2, 0.25) is 0 Å². The van der Waals surface area contributed by atoms with Crippen LogP contribution < -0.4 is 15.7 Å². The Labute approximate surface area is 208 Å². The molecule has 0 aliphatic carbocycles.